The van der Waals surface area contributed by atoms with Crippen LogP contribution < -0.4 is 10.6 Å². The third-order valence-corrected chi connectivity index (χ3v) is 3.32. The van der Waals surface area contributed by atoms with E-state index in [1.165, 1.54) is 12.8 Å². The smallest absolute Gasteiger partial charge is 0.129 e. The fourth-order valence-electron chi connectivity index (χ4n) is 2.04. The van der Waals surface area contributed by atoms with Crippen LogP contribution in [0.2, 0.25) is 0 Å². The molecule has 1 aliphatic rings. The highest BCUT2D eigenvalue weighted by molar-refractivity contribution is 9.10. The normalized spacial score (nSPS) is 20.4. The molecular formula is C11H17BrClN3. The lowest BCUT2D eigenvalue weighted by molar-refractivity contribution is 0.421. The minimum atomic E-state index is 0. The Kier molecular flexibility index (Phi) is 5.52. The van der Waals surface area contributed by atoms with Gasteiger partial charge in [0.2, 0.25) is 0 Å². The number of pyridine rings is 1. The Labute approximate surface area is 111 Å². The summed E-state index contributed by atoms with van der Waals surface area (Å²) in [7, 11) is 0. The standard InChI is InChI=1S/C11H16BrN3.ClH/c12-10-4-1-5-11(14-10)15-6-2-3-9(7-13)8-15;/h1,4-5,9H,2-3,6-8,13H2;1H. The Morgan fingerprint density at radius 3 is 3.00 bits per heavy atom. The molecule has 1 atom stereocenters. The second-order valence-corrected chi connectivity index (χ2v) is 4.82. The van der Waals surface area contributed by atoms with E-state index in [0.717, 1.165) is 30.1 Å². The molecular weight excluding hydrogens is 289 g/mol. The molecule has 0 bridgehead atoms. The summed E-state index contributed by atoms with van der Waals surface area (Å²) in [6.07, 6.45) is 2.47. The van der Waals surface area contributed by atoms with Crippen molar-refractivity contribution in [3.05, 3.63) is 22.8 Å². The first kappa shape index (κ1) is 13.7. The third kappa shape index (κ3) is 3.34. The molecule has 0 spiro atoms. The lowest BCUT2D eigenvalue weighted by Crippen LogP contribution is -2.38. The molecule has 0 aliphatic carbocycles. The van der Waals surface area contributed by atoms with Crippen LogP contribution in [0.5, 0.6) is 0 Å². The summed E-state index contributed by atoms with van der Waals surface area (Å²) >= 11 is 3.40. The summed E-state index contributed by atoms with van der Waals surface area (Å²) in [5.74, 6) is 1.68. The Morgan fingerprint density at radius 1 is 1.50 bits per heavy atom. The monoisotopic (exact) mass is 305 g/mol. The van der Waals surface area contributed by atoms with Crippen molar-refractivity contribution in [2.24, 2.45) is 11.7 Å². The van der Waals surface area contributed by atoms with E-state index in [4.69, 9.17) is 5.73 Å². The average Bonchev–Trinajstić information content (AvgIpc) is 2.29. The summed E-state index contributed by atoms with van der Waals surface area (Å²) in [6.45, 7) is 2.92. The average molecular weight is 307 g/mol. The summed E-state index contributed by atoms with van der Waals surface area (Å²) < 4.78 is 0.898. The first-order chi connectivity index (χ1) is 7.29. The van der Waals surface area contributed by atoms with E-state index in [1.807, 2.05) is 12.1 Å². The molecule has 5 heteroatoms. The van der Waals surface area contributed by atoms with Crippen molar-refractivity contribution in [2.45, 2.75) is 12.8 Å². The highest BCUT2D eigenvalue weighted by Gasteiger charge is 2.19. The van der Waals surface area contributed by atoms with Crippen LogP contribution in [0.1, 0.15) is 12.8 Å². The molecule has 0 aromatic carbocycles. The summed E-state index contributed by atoms with van der Waals surface area (Å²) in [4.78, 5) is 6.79. The number of nitrogens with two attached hydrogens (primary N) is 1. The van der Waals surface area contributed by atoms with E-state index in [-0.39, 0.29) is 12.4 Å². The number of anilines is 1. The van der Waals surface area contributed by atoms with Crippen LogP contribution >= 0.6 is 28.3 Å². The van der Waals surface area contributed by atoms with Crippen LogP contribution in [0.3, 0.4) is 0 Å². The van der Waals surface area contributed by atoms with E-state index in [2.05, 4.69) is 31.9 Å². The molecule has 2 N–H and O–H groups in total. The van der Waals surface area contributed by atoms with Crippen molar-refractivity contribution in [1.29, 1.82) is 0 Å². The van der Waals surface area contributed by atoms with Crippen molar-refractivity contribution < 1.29 is 0 Å². The number of halogens is 2. The molecule has 1 fully saturated rings. The fourth-order valence-corrected chi connectivity index (χ4v) is 2.37. The van der Waals surface area contributed by atoms with E-state index >= 15 is 0 Å². The zero-order valence-electron chi connectivity index (χ0n) is 9.10. The molecule has 2 heterocycles. The van der Waals surface area contributed by atoms with Gasteiger partial charge in [-0.05, 0) is 53.4 Å². The predicted octanol–water partition coefficient (Wildman–Crippen LogP) is 2.44. The number of nitrogens with zero attached hydrogens (tertiary/aromatic N) is 2. The van der Waals surface area contributed by atoms with Gasteiger partial charge >= 0.3 is 0 Å². The first-order valence-electron chi connectivity index (χ1n) is 5.37. The van der Waals surface area contributed by atoms with Gasteiger partial charge in [-0.1, -0.05) is 6.07 Å². The summed E-state index contributed by atoms with van der Waals surface area (Å²) in [6, 6.07) is 6.04. The number of hydrogen-bond donors (Lipinski definition) is 1. The Hall–Kier alpha value is -0.320. The summed E-state index contributed by atoms with van der Waals surface area (Å²) in [5, 5.41) is 0. The summed E-state index contributed by atoms with van der Waals surface area (Å²) in [5.41, 5.74) is 5.72. The second kappa shape index (κ2) is 6.42. The van der Waals surface area contributed by atoms with Gasteiger partial charge in [-0.15, -0.1) is 12.4 Å². The number of aromatic nitrogens is 1. The van der Waals surface area contributed by atoms with Crippen LogP contribution in [-0.4, -0.2) is 24.6 Å². The number of piperidine rings is 1. The van der Waals surface area contributed by atoms with E-state index in [1.54, 1.807) is 0 Å². The second-order valence-electron chi connectivity index (χ2n) is 4.01. The third-order valence-electron chi connectivity index (χ3n) is 2.88. The molecule has 0 amide bonds. The zero-order valence-corrected chi connectivity index (χ0v) is 11.5. The van der Waals surface area contributed by atoms with Gasteiger partial charge in [0.05, 0.1) is 0 Å². The lowest BCUT2D eigenvalue weighted by atomic mass is 9.98. The molecule has 1 unspecified atom stereocenters. The molecule has 0 saturated carbocycles. The molecule has 0 radical (unpaired) electrons. The van der Waals surface area contributed by atoms with Crippen molar-refractivity contribution in [3.63, 3.8) is 0 Å². The van der Waals surface area contributed by atoms with Crippen LogP contribution in [0.4, 0.5) is 5.82 Å². The van der Waals surface area contributed by atoms with Gasteiger partial charge in [-0.2, -0.15) is 0 Å². The Bertz CT molecular complexity index is 335. The van der Waals surface area contributed by atoms with Gasteiger partial charge in [0, 0.05) is 13.1 Å². The van der Waals surface area contributed by atoms with E-state index in [9.17, 15) is 0 Å². The largest absolute Gasteiger partial charge is 0.356 e. The molecule has 3 nitrogen and oxygen atoms in total. The van der Waals surface area contributed by atoms with Crippen molar-refractivity contribution in [1.82, 2.24) is 4.98 Å². The molecule has 90 valence electrons. The lowest BCUT2D eigenvalue weighted by Gasteiger charge is -2.33. The van der Waals surface area contributed by atoms with Crippen molar-refractivity contribution >= 4 is 34.2 Å². The molecule has 1 aromatic rings. The first-order valence-corrected chi connectivity index (χ1v) is 6.16. The topological polar surface area (TPSA) is 42.1 Å². The quantitative estimate of drug-likeness (QED) is 0.853. The van der Waals surface area contributed by atoms with Gasteiger partial charge in [0.15, 0.2) is 0 Å². The molecule has 1 aromatic heterocycles. The van der Waals surface area contributed by atoms with Crippen LogP contribution in [0, 0.1) is 5.92 Å². The maximum Gasteiger partial charge on any atom is 0.129 e. The van der Waals surface area contributed by atoms with Gasteiger partial charge in [0.25, 0.3) is 0 Å². The number of rotatable bonds is 2. The molecule has 1 saturated heterocycles. The maximum atomic E-state index is 5.72. The van der Waals surface area contributed by atoms with Gasteiger partial charge < -0.3 is 10.6 Å². The van der Waals surface area contributed by atoms with Crippen LogP contribution in [0.25, 0.3) is 0 Å². The SMILES string of the molecule is Cl.NCC1CCCN(c2cccc(Br)n2)C1. The van der Waals surface area contributed by atoms with Gasteiger partial charge in [-0.3, -0.25) is 0 Å². The van der Waals surface area contributed by atoms with E-state index in [0.29, 0.717) is 5.92 Å². The number of hydrogen-bond acceptors (Lipinski definition) is 3. The van der Waals surface area contributed by atoms with Crippen LogP contribution in [0.15, 0.2) is 22.8 Å². The van der Waals surface area contributed by atoms with Gasteiger partial charge in [-0.25, -0.2) is 4.98 Å². The van der Waals surface area contributed by atoms with Crippen molar-refractivity contribution in [2.75, 3.05) is 24.5 Å². The Balaban J connectivity index is 0.00000128. The molecule has 16 heavy (non-hydrogen) atoms. The Morgan fingerprint density at radius 2 is 2.31 bits per heavy atom. The maximum absolute atomic E-state index is 5.72. The molecule has 1 aliphatic heterocycles. The van der Waals surface area contributed by atoms with E-state index < -0.39 is 0 Å². The van der Waals surface area contributed by atoms with Crippen molar-refractivity contribution in [3.8, 4) is 0 Å². The fraction of sp³-hybridized carbons (Fsp3) is 0.545. The van der Waals surface area contributed by atoms with Crippen LogP contribution in [-0.2, 0) is 0 Å². The minimum absolute atomic E-state index is 0. The predicted molar refractivity (Wildman–Crippen MR) is 73.2 cm³/mol. The highest BCUT2D eigenvalue weighted by Crippen LogP contribution is 2.22. The minimum Gasteiger partial charge on any atom is -0.356 e. The zero-order chi connectivity index (χ0) is 10.7. The molecule has 2 rings (SSSR count). The van der Waals surface area contributed by atoms with Gasteiger partial charge in [0.1, 0.15) is 10.4 Å². The highest BCUT2D eigenvalue weighted by atomic mass is 79.9.